The van der Waals surface area contributed by atoms with Gasteiger partial charge < -0.3 is 5.73 Å². The lowest BCUT2D eigenvalue weighted by atomic mass is 10.3. The molecule has 0 amide bonds. The predicted molar refractivity (Wildman–Crippen MR) is 37.2 cm³/mol. The zero-order valence-corrected chi connectivity index (χ0v) is 6.20. The van der Waals surface area contributed by atoms with Crippen LogP contribution in [0.25, 0.3) is 0 Å². The molecule has 0 spiro atoms. The van der Waals surface area contributed by atoms with Crippen LogP contribution >= 0.6 is 0 Å². The average Bonchev–Trinajstić information content (AvgIpc) is 1.61. The Morgan fingerprint density at radius 2 is 2.25 bits per heavy atom. The summed E-state index contributed by atoms with van der Waals surface area (Å²) in [6.45, 7) is 1.92. The topological polar surface area (TPSA) is 43.1 Å². The van der Waals surface area contributed by atoms with Crippen molar-refractivity contribution in [2.75, 3.05) is 12.0 Å². The van der Waals surface area contributed by atoms with Gasteiger partial charge in [-0.25, -0.2) is 0 Å². The summed E-state index contributed by atoms with van der Waals surface area (Å²) in [4.78, 5) is 0. The third kappa shape index (κ3) is 6.11. The van der Waals surface area contributed by atoms with E-state index in [2.05, 4.69) is 0 Å². The van der Waals surface area contributed by atoms with Gasteiger partial charge in [-0.3, -0.25) is 4.21 Å². The first kappa shape index (κ1) is 8.11. The van der Waals surface area contributed by atoms with Gasteiger partial charge in [0, 0.05) is 28.9 Å². The Kier molecular flexibility index (Phi) is 4.09. The van der Waals surface area contributed by atoms with Crippen LogP contribution in [0.3, 0.4) is 0 Å². The largest absolute Gasteiger partial charge is 0.328 e. The highest BCUT2D eigenvalue weighted by molar-refractivity contribution is 7.84. The van der Waals surface area contributed by atoms with Gasteiger partial charge >= 0.3 is 0 Å². The van der Waals surface area contributed by atoms with Gasteiger partial charge in [-0.05, 0) is 13.3 Å². The molecule has 0 aromatic heterocycles. The van der Waals surface area contributed by atoms with Crippen molar-refractivity contribution in [2.24, 2.45) is 5.73 Å². The molecule has 0 aliphatic carbocycles. The van der Waals surface area contributed by atoms with Gasteiger partial charge in [0.25, 0.3) is 0 Å². The summed E-state index contributed by atoms with van der Waals surface area (Å²) in [5.74, 6) is 0.734. The third-order valence-electron chi connectivity index (χ3n) is 0.861. The molecule has 2 atom stereocenters. The minimum atomic E-state index is -0.666. The molecule has 0 unspecified atom stereocenters. The van der Waals surface area contributed by atoms with Gasteiger partial charge in [0.1, 0.15) is 0 Å². The van der Waals surface area contributed by atoms with Crippen molar-refractivity contribution in [2.45, 2.75) is 19.4 Å². The van der Waals surface area contributed by atoms with Crippen molar-refractivity contribution in [3.05, 3.63) is 0 Å². The first-order valence-electron chi connectivity index (χ1n) is 2.68. The molecule has 0 aliphatic heterocycles. The molecule has 50 valence electrons. The fraction of sp³-hybridized carbons (Fsp3) is 1.00. The quantitative estimate of drug-likeness (QED) is 0.596. The molecule has 0 rings (SSSR count). The van der Waals surface area contributed by atoms with Crippen molar-refractivity contribution in [3.63, 3.8) is 0 Å². The molecule has 0 saturated carbocycles. The number of hydrogen-bond donors (Lipinski definition) is 1. The highest BCUT2D eigenvalue weighted by Gasteiger charge is 1.94. The number of nitrogens with two attached hydrogens (primary N) is 1. The summed E-state index contributed by atoms with van der Waals surface area (Å²) in [7, 11) is -0.666. The van der Waals surface area contributed by atoms with Gasteiger partial charge in [0.15, 0.2) is 0 Å². The SMILES string of the molecule is C[C@H](N)CC[S@@](C)=O. The molecular weight excluding hydrogens is 122 g/mol. The van der Waals surface area contributed by atoms with Crippen molar-refractivity contribution in [1.82, 2.24) is 0 Å². The molecule has 2 N–H and O–H groups in total. The van der Waals surface area contributed by atoms with E-state index in [4.69, 9.17) is 5.73 Å². The Labute approximate surface area is 52.9 Å². The predicted octanol–water partition coefficient (Wildman–Crippen LogP) is 0.102. The summed E-state index contributed by atoms with van der Waals surface area (Å²) < 4.78 is 10.4. The van der Waals surface area contributed by atoms with Crippen molar-refractivity contribution in [1.29, 1.82) is 0 Å². The maximum atomic E-state index is 10.4. The van der Waals surface area contributed by atoms with Crippen molar-refractivity contribution < 1.29 is 4.21 Å². The Morgan fingerprint density at radius 3 is 2.38 bits per heavy atom. The number of rotatable bonds is 3. The summed E-state index contributed by atoms with van der Waals surface area (Å²) in [5.41, 5.74) is 5.41. The smallest absolute Gasteiger partial charge is 0.0246 e. The van der Waals surface area contributed by atoms with Crippen LogP contribution in [0.15, 0.2) is 0 Å². The highest BCUT2D eigenvalue weighted by atomic mass is 32.2. The molecule has 0 heterocycles. The van der Waals surface area contributed by atoms with E-state index in [0.717, 1.165) is 12.2 Å². The Hall–Kier alpha value is 0.110. The van der Waals surface area contributed by atoms with E-state index in [1.165, 1.54) is 0 Å². The molecule has 0 aromatic carbocycles. The minimum absolute atomic E-state index is 0.193. The molecule has 0 aliphatic rings. The Balaban J connectivity index is 3.05. The zero-order chi connectivity index (χ0) is 6.57. The lowest BCUT2D eigenvalue weighted by Crippen LogP contribution is -2.17. The fourth-order valence-corrected chi connectivity index (χ4v) is 1.06. The molecule has 0 bridgehead atoms. The summed E-state index contributed by atoms with van der Waals surface area (Å²) in [5, 5.41) is 0. The van der Waals surface area contributed by atoms with Gasteiger partial charge in [-0.1, -0.05) is 0 Å². The lowest BCUT2D eigenvalue weighted by Gasteiger charge is -1.99. The van der Waals surface area contributed by atoms with Crippen molar-refractivity contribution in [3.8, 4) is 0 Å². The van der Waals surface area contributed by atoms with E-state index in [-0.39, 0.29) is 6.04 Å². The first-order chi connectivity index (χ1) is 3.63. The maximum Gasteiger partial charge on any atom is 0.0246 e. The van der Waals surface area contributed by atoms with Crippen molar-refractivity contribution >= 4 is 10.8 Å². The van der Waals surface area contributed by atoms with Crippen LogP contribution in [0.5, 0.6) is 0 Å². The minimum Gasteiger partial charge on any atom is -0.328 e. The second-order valence-electron chi connectivity index (χ2n) is 2.04. The third-order valence-corrected chi connectivity index (χ3v) is 1.67. The van der Waals surface area contributed by atoms with Crippen LogP contribution in [-0.2, 0) is 10.8 Å². The second kappa shape index (κ2) is 4.04. The zero-order valence-electron chi connectivity index (χ0n) is 5.39. The lowest BCUT2D eigenvalue weighted by molar-refractivity contribution is 0.671. The summed E-state index contributed by atoms with van der Waals surface area (Å²) in [6.07, 6.45) is 2.56. The molecular formula is C5H13NOS. The monoisotopic (exact) mass is 135 g/mol. The van der Waals surface area contributed by atoms with Gasteiger partial charge in [-0.15, -0.1) is 0 Å². The van der Waals surface area contributed by atoms with E-state index in [9.17, 15) is 4.21 Å². The van der Waals surface area contributed by atoms with Crippen LogP contribution < -0.4 is 5.73 Å². The van der Waals surface area contributed by atoms with E-state index < -0.39 is 10.8 Å². The summed E-state index contributed by atoms with van der Waals surface area (Å²) in [6, 6.07) is 0.193. The van der Waals surface area contributed by atoms with E-state index in [1.54, 1.807) is 6.26 Å². The maximum absolute atomic E-state index is 10.4. The van der Waals surface area contributed by atoms with Crippen LogP contribution in [0.1, 0.15) is 13.3 Å². The molecule has 0 radical (unpaired) electrons. The Bertz CT molecular complexity index is 82.5. The molecule has 8 heavy (non-hydrogen) atoms. The molecule has 0 aromatic rings. The molecule has 3 heteroatoms. The number of hydrogen-bond acceptors (Lipinski definition) is 2. The van der Waals surface area contributed by atoms with E-state index in [1.807, 2.05) is 6.92 Å². The first-order valence-corrected chi connectivity index (χ1v) is 4.41. The average molecular weight is 135 g/mol. The second-order valence-corrected chi connectivity index (χ2v) is 3.60. The van der Waals surface area contributed by atoms with E-state index in [0.29, 0.717) is 0 Å². The van der Waals surface area contributed by atoms with Gasteiger partial charge in [-0.2, -0.15) is 0 Å². The van der Waals surface area contributed by atoms with Crippen LogP contribution in [0.2, 0.25) is 0 Å². The fourth-order valence-electron chi connectivity index (χ4n) is 0.352. The normalized spacial score (nSPS) is 17.9. The van der Waals surface area contributed by atoms with Gasteiger partial charge in [0.2, 0.25) is 0 Å². The highest BCUT2D eigenvalue weighted by Crippen LogP contribution is 1.86. The molecule has 0 saturated heterocycles. The standard InChI is InChI=1S/C5H13NOS/c1-5(6)3-4-8(2)7/h5H,3-4,6H2,1-2H3/t5-,8+/m0/s1. The molecule has 0 fully saturated rings. The summed E-state index contributed by atoms with van der Waals surface area (Å²) >= 11 is 0. The van der Waals surface area contributed by atoms with Crippen LogP contribution in [-0.4, -0.2) is 22.3 Å². The van der Waals surface area contributed by atoms with Crippen LogP contribution in [0, 0.1) is 0 Å². The Morgan fingerprint density at radius 1 is 1.75 bits per heavy atom. The van der Waals surface area contributed by atoms with E-state index >= 15 is 0 Å². The van der Waals surface area contributed by atoms with Gasteiger partial charge in [0.05, 0.1) is 0 Å². The van der Waals surface area contributed by atoms with Crippen LogP contribution in [0.4, 0.5) is 0 Å². The molecule has 2 nitrogen and oxygen atoms in total.